The van der Waals surface area contributed by atoms with Crippen molar-refractivity contribution in [3.05, 3.63) is 0 Å². The Morgan fingerprint density at radius 1 is 1.43 bits per heavy atom. The molecule has 4 N–H and O–H groups in total. The topological polar surface area (TPSA) is 111 Å². The van der Waals surface area contributed by atoms with Crippen LogP contribution in [0.1, 0.15) is 25.7 Å². The van der Waals surface area contributed by atoms with Gasteiger partial charge in [-0.15, -0.1) is 12.4 Å². The number of nitrogens with two attached hydrogens (primary N) is 1. The number of rotatable bonds is 10. The smallest absolute Gasteiger partial charge is 0.236 e. The molecule has 0 saturated carbocycles. The van der Waals surface area contributed by atoms with Crippen LogP contribution >= 0.6 is 24.2 Å². The van der Waals surface area contributed by atoms with E-state index in [0.29, 0.717) is 19.6 Å². The van der Waals surface area contributed by atoms with Gasteiger partial charge in [0.1, 0.15) is 0 Å². The zero-order valence-electron chi connectivity index (χ0n) is 13.5. The second-order valence-corrected chi connectivity index (χ2v) is 8.25. The van der Waals surface area contributed by atoms with Crippen LogP contribution in [-0.4, -0.2) is 63.9 Å². The monoisotopic (exact) mass is 389 g/mol. The lowest BCUT2D eigenvalue weighted by Crippen LogP contribution is -2.44. The van der Waals surface area contributed by atoms with E-state index in [4.69, 9.17) is 10.5 Å². The first-order chi connectivity index (χ1) is 10.4. The van der Waals surface area contributed by atoms with Gasteiger partial charge >= 0.3 is 0 Å². The average molecular weight is 390 g/mol. The molecule has 0 radical (unpaired) electrons. The summed E-state index contributed by atoms with van der Waals surface area (Å²) in [5, 5.41) is 2.56. The lowest BCUT2D eigenvalue weighted by atomic mass is 10.1. The minimum Gasteiger partial charge on any atom is -0.377 e. The van der Waals surface area contributed by atoms with Gasteiger partial charge in [-0.3, -0.25) is 4.79 Å². The minimum absolute atomic E-state index is 0. The predicted octanol–water partition coefficient (Wildman–Crippen LogP) is 0.0933. The molecular formula is C13H28ClN3O4S2. The molecule has 0 aliphatic carbocycles. The molecule has 1 saturated heterocycles. The van der Waals surface area contributed by atoms with Crippen molar-refractivity contribution < 1.29 is 17.9 Å². The van der Waals surface area contributed by atoms with Gasteiger partial charge in [0, 0.05) is 19.7 Å². The summed E-state index contributed by atoms with van der Waals surface area (Å²) in [5.74, 6) is 0.344. The van der Waals surface area contributed by atoms with Gasteiger partial charge in [-0.05, 0) is 37.7 Å². The number of halogens is 1. The van der Waals surface area contributed by atoms with Crippen molar-refractivity contribution in [3.63, 3.8) is 0 Å². The molecule has 0 aromatic heterocycles. The van der Waals surface area contributed by atoms with Gasteiger partial charge in [0.15, 0.2) is 0 Å². The van der Waals surface area contributed by atoms with Crippen LogP contribution in [0.3, 0.4) is 0 Å². The Hall–Kier alpha value is -0.0600. The highest BCUT2D eigenvalue weighted by molar-refractivity contribution is 7.98. The lowest BCUT2D eigenvalue weighted by molar-refractivity contribution is -0.122. The number of hydrogen-bond acceptors (Lipinski definition) is 6. The number of carbonyl (C=O) groups is 1. The van der Waals surface area contributed by atoms with Gasteiger partial charge in [-0.1, -0.05) is 0 Å². The quantitative estimate of drug-likeness (QED) is 0.488. The van der Waals surface area contributed by atoms with Gasteiger partial charge in [-0.25, -0.2) is 13.1 Å². The Kier molecular flexibility index (Phi) is 12.3. The first-order valence-electron chi connectivity index (χ1n) is 7.56. The Bertz CT molecular complexity index is 431. The fourth-order valence-corrected chi connectivity index (χ4v) is 3.52. The average Bonchev–Trinajstić information content (AvgIpc) is 2.51. The molecule has 10 heteroatoms. The highest BCUT2D eigenvalue weighted by atomic mass is 35.5. The third kappa shape index (κ3) is 10.4. The van der Waals surface area contributed by atoms with E-state index in [1.54, 1.807) is 11.8 Å². The molecule has 0 aromatic rings. The molecule has 1 aliphatic rings. The second kappa shape index (κ2) is 12.3. The molecule has 1 aliphatic heterocycles. The fraction of sp³-hybridized carbons (Fsp3) is 0.923. The Morgan fingerprint density at radius 2 is 2.17 bits per heavy atom. The van der Waals surface area contributed by atoms with Crippen molar-refractivity contribution in [2.45, 2.75) is 37.8 Å². The lowest BCUT2D eigenvalue weighted by Gasteiger charge is -2.22. The van der Waals surface area contributed by atoms with E-state index in [1.807, 2.05) is 6.26 Å². The van der Waals surface area contributed by atoms with E-state index < -0.39 is 16.1 Å². The highest BCUT2D eigenvalue weighted by Crippen LogP contribution is 2.11. The summed E-state index contributed by atoms with van der Waals surface area (Å²) < 4.78 is 31.7. The first-order valence-corrected chi connectivity index (χ1v) is 10.6. The molecule has 23 heavy (non-hydrogen) atoms. The van der Waals surface area contributed by atoms with Crippen LogP contribution in [0, 0.1) is 0 Å². The summed E-state index contributed by atoms with van der Waals surface area (Å²) in [6.07, 6.45) is 5.46. The molecular weight excluding hydrogens is 362 g/mol. The van der Waals surface area contributed by atoms with Crippen LogP contribution < -0.4 is 15.8 Å². The maximum absolute atomic E-state index is 11.8. The molecule has 7 nitrogen and oxygen atoms in total. The Labute approximate surface area is 149 Å². The van der Waals surface area contributed by atoms with Gasteiger partial charge in [-0.2, -0.15) is 11.8 Å². The zero-order valence-corrected chi connectivity index (χ0v) is 15.9. The standard InChI is InChI=1S/C13H27N3O4S2.ClH/c1-21-8-5-12(14)13(17)15-6-9-22(18,19)16-10-11-4-2-3-7-20-11;/h11-12,16H,2-10,14H2,1H3,(H,15,17);1H/t11?,12-;/m0./s1. The SMILES string of the molecule is CSCC[C@H](N)C(=O)NCCS(=O)(=O)NCC1CCCCO1.Cl. The molecule has 1 unspecified atom stereocenters. The van der Waals surface area contributed by atoms with Crippen molar-refractivity contribution in [2.75, 3.05) is 37.5 Å². The summed E-state index contributed by atoms with van der Waals surface area (Å²) in [6, 6.07) is -0.584. The van der Waals surface area contributed by atoms with Crippen molar-refractivity contribution >= 4 is 40.1 Å². The number of carbonyl (C=O) groups excluding carboxylic acids is 1. The minimum atomic E-state index is -3.41. The van der Waals surface area contributed by atoms with Crippen molar-refractivity contribution in [1.29, 1.82) is 0 Å². The summed E-state index contributed by atoms with van der Waals surface area (Å²) in [5.41, 5.74) is 5.70. The fourth-order valence-electron chi connectivity index (χ4n) is 2.08. The van der Waals surface area contributed by atoms with Crippen LogP contribution in [0.5, 0.6) is 0 Å². The molecule has 1 amide bonds. The van der Waals surface area contributed by atoms with E-state index in [1.165, 1.54) is 0 Å². The number of amides is 1. The maximum atomic E-state index is 11.8. The normalized spacial score (nSPS) is 19.7. The number of ether oxygens (including phenoxy) is 1. The largest absolute Gasteiger partial charge is 0.377 e. The second-order valence-electron chi connectivity index (χ2n) is 5.33. The van der Waals surface area contributed by atoms with Crippen LogP contribution in [0.2, 0.25) is 0 Å². The number of hydrogen-bond donors (Lipinski definition) is 3. The predicted molar refractivity (Wildman–Crippen MR) is 96.6 cm³/mol. The molecule has 0 bridgehead atoms. The molecule has 1 fully saturated rings. The van der Waals surface area contributed by atoms with Crippen molar-refractivity contribution in [1.82, 2.24) is 10.0 Å². The first kappa shape index (κ1) is 22.9. The maximum Gasteiger partial charge on any atom is 0.236 e. The number of thioether (sulfide) groups is 1. The van der Waals surface area contributed by atoms with E-state index in [9.17, 15) is 13.2 Å². The van der Waals surface area contributed by atoms with Crippen LogP contribution in [0.4, 0.5) is 0 Å². The molecule has 1 rings (SSSR count). The summed E-state index contributed by atoms with van der Waals surface area (Å²) in [7, 11) is -3.41. The Balaban J connectivity index is 0.00000484. The van der Waals surface area contributed by atoms with Crippen LogP contribution in [0.25, 0.3) is 0 Å². The van der Waals surface area contributed by atoms with E-state index >= 15 is 0 Å². The van der Waals surface area contributed by atoms with Gasteiger partial charge in [0.2, 0.25) is 15.9 Å². The molecule has 0 aromatic carbocycles. The van der Waals surface area contributed by atoms with Crippen LogP contribution in [0.15, 0.2) is 0 Å². The third-order valence-corrected chi connectivity index (χ3v) is 5.44. The summed E-state index contributed by atoms with van der Waals surface area (Å²) in [6.45, 7) is 1.05. The molecule has 0 spiro atoms. The zero-order chi connectivity index (χ0) is 16.4. The highest BCUT2D eigenvalue weighted by Gasteiger charge is 2.18. The number of sulfonamides is 1. The van der Waals surface area contributed by atoms with Gasteiger partial charge in [0.25, 0.3) is 0 Å². The van der Waals surface area contributed by atoms with E-state index in [0.717, 1.165) is 25.0 Å². The summed E-state index contributed by atoms with van der Waals surface area (Å²) >= 11 is 1.62. The van der Waals surface area contributed by atoms with Gasteiger partial charge in [0.05, 0.1) is 17.9 Å². The number of nitrogens with one attached hydrogen (secondary N) is 2. The molecule has 2 atom stereocenters. The third-order valence-electron chi connectivity index (χ3n) is 3.44. The molecule has 1 heterocycles. The summed E-state index contributed by atoms with van der Waals surface area (Å²) in [4.78, 5) is 11.7. The van der Waals surface area contributed by atoms with E-state index in [-0.39, 0.29) is 36.7 Å². The molecule has 138 valence electrons. The van der Waals surface area contributed by atoms with Crippen molar-refractivity contribution in [2.24, 2.45) is 5.73 Å². The van der Waals surface area contributed by atoms with E-state index in [2.05, 4.69) is 10.0 Å². The van der Waals surface area contributed by atoms with Gasteiger partial charge < -0.3 is 15.8 Å². The Morgan fingerprint density at radius 3 is 2.78 bits per heavy atom. The van der Waals surface area contributed by atoms with Crippen molar-refractivity contribution in [3.8, 4) is 0 Å². The van der Waals surface area contributed by atoms with Crippen LogP contribution in [-0.2, 0) is 19.6 Å².